The van der Waals surface area contributed by atoms with Crippen LogP contribution in [0, 0.1) is 0 Å². The lowest BCUT2D eigenvalue weighted by Gasteiger charge is -2.38. The van der Waals surface area contributed by atoms with Crippen LogP contribution in [-0.4, -0.2) is 50.2 Å². The van der Waals surface area contributed by atoms with Crippen LogP contribution in [0.2, 0.25) is 0 Å². The summed E-state index contributed by atoms with van der Waals surface area (Å²) >= 11 is 0. The molecule has 1 aliphatic carbocycles. The first-order valence-corrected chi connectivity index (χ1v) is 13.4. The first-order chi connectivity index (χ1) is 19.5. The number of anilines is 2. The Bertz CT molecular complexity index is 1740. The molecule has 2 fully saturated rings. The second kappa shape index (κ2) is 9.51. The number of amides is 1. The number of benzene rings is 1. The molecule has 0 atom stereocenters. The third-order valence-electron chi connectivity index (χ3n) is 7.79. The highest BCUT2D eigenvalue weighted by Gasteiger charge is 2.34. The fourth-order valence-electron chi connectivity index (χ4n) is 5.40. The molecule has 7 rings (SSSR count). The van der Waals surface area contributed by atoms with Gasteiger partial charge < -0.3 is 16.2 Å². The van der Waals surface area contributed by atoms with Crippen molar-refractivity contribution in [1.29, 1.82) is 0 Å². The lowest BCUT2D eigenvalue weighted by Crippen LogP contribution is -2.43. The van der Waals surface area contributed by atoms with Gasteiger partial charge in [0.25, 0.3) is 5.91 Å². The van der Waals surface area contributed by atoms with Gasteiger partial charge in [-0.3, -0.25) is 14.3 Å². The number of carbonyl (C=O) groups is 1. The first-order valence-electron chi connectivity index (χ1n) is 13.4. The van der Waals surface area contributed by atoms with E-state index in [0.717, 1.165) is 30.5 Å². The molecule has 1 amide bonds. The van der Waals surface area contributed by atoms with E-state index in [2.05, 4.69) is 29.2 Å². The number of hydrogen-bond acceptors (Lipinski definition) is 8. The molecule has 40 heavy (non-hydrogen) atoms. The summed E-state index contributed by atoms with van der Waals surface area (Å²) in [6.07, 6.45) is 4.79. The molecule has 2 aliphatic rings. The number of morpholine rings is 1. The summed E-state index contributed by atoms with van der Waals surface area (Å²) in [4.78, 5) is 33.1. The molecule has 4 aromatic heterocycles. The molecule has 1 saturated carbocycles. The van der Waals surface area contributed by atoms with Gasteiger partial charge in [-0.15, -0.1) is 0 Å². The Hall–Kier alpha value is -4.67. The number of nitrogens with zero attached hydrogens (tertiary/aromatic N) is 6. The second-order valence-electron chi connectivity index (χ2n) is 10.3. The zero-order valence-corrected chi connectivity index (χ0v) is 21.8. The van der Waals surface area contributed by atoms with Crippen molar-refractivity contribution in [2.24, 2.45) is 5.73 Å². The van der Waals surface area contributed by atoms with Crippen molar-refractivity contribution in [3.8, 4) is 28.5 Å². The Kier molecular flexibility index (Phi) is 5.79. The quantitative estimate of drug-likeness (QED) is 0.348. The number of rotatable bonds is 5. The van der Waals surface area contributed by atoms with Crippen molar-refractivity contribution in [2.75, 3.05) is 30.4 Å². The van der Waals surface area contributed by atoms with Crippen LogP contribution in [0.25, 0.3) is 39.6 Å². The number of fused-ring (bicyclic) bond motifs is 1. The highest BCUT2D eigenvalue weighted by molar-refractivity contribution is 5.94. The monoisotopic (exact) mass is 532 g/mol. The number of aromatic nitrogens is 5. The van der Waals surface area contributed by atoms with Gasteiger partial charge in [-0.1, -0.05) is 18.2 Å². The Labute approximate surface area is 230 Å². The number of imidazole rings is 1. The van der Waals surface area contributed by atoms with Gasteiger partial charge in [-0.2, -0.15) is 0 Å². The number of pyridine rings is 3. The van der Waals surface area contributed by atoms with Gasteiger partial charge in [-0.05, 0) is 73.4 Å². The van der Waals surface area contributed by atoms with Gasteiger partial charge in [0.2, 0.25) is 0 Å². The number of carbonyl (C=O) groups excluding carboxylic acids is 1. The highest BCUT2D eigenvalue weighted by atomic mass is 16.5. The average Bonchev–Trinajstić information content (AvgIpc) is 3.35. The van der Waals surface area contributed by atoms with Crippen molar-refractivity contribution in [3.63, 3.8) is 0 Å². The molecular formula is C30H28N8O2. The number of nitrogens with two attached hydrogens (primary N) is 2. The molecule has 5 heterocycles. The van der Waals surface area contributed by atoms with Crippen molar-refractivity contribution in [3.05, 3.63) is 78.5 Å². The highest BCUT2D eigenvalue weighted by Crippen LogP contribution is 2.39. The maximum absolute atomic E-state index is 12.4. The zero-order chi connectivity index (χ0) is 27.3. The molecule has 200 valence electrons. The standard InChI is InChI=1S/C30H28N8O2/c31-27-21(4-2-15-33-27)28-36-24-12-11-23(22-5-1-6-25(34-22)37-16-17-40-18-26(37)39)35-29(24)38(28)20-9-7-19(8-10-20)30(32)13-3-14-30/h1-2,4-12,15H,3,13-14,16-18,32H2,(H2,31,33). The fraction of sp³-hybridized carbons (Fsp3) is 0.233. The normalized spacial score (nSPS) is 16.7. The molecule has 1 aromatic carbocycles. The predicted molar refractivity (Wildman–Crippen MR) is 153 cm³/mol. The SMILES string of the molecule is Nc1ncccc1-c1nc2ccc(-c3cccc(N4CCOCC4=O)n3)nc2n1-c1ccc(C2(N)CCC2)cc1. The van der Waals surface area contributed by atoms with E-state index in [1.54, 1.807) is 11.1 Å². The minimum atomic E-state index is -0.254. The van der Waals surface area contributed by atoms with E-state index in [-0.39, 0.29) is 18.1 Å². The Morgan fingerprint density at radius 1 is 0.900 bits per heavy atom. The third kappa shape index (κ3) is 4.09. The van der Waals surface area contributed by atoms with Gasteiger partial charge in [-0.25, -0.2) is 19.9 Å². The Balaban J connectivity index is 1.36. The summed E-state index contributed by atoms with van der Waals surface area (Å²) in [7, 11) is 0. The maximum atomic E-state index is 12.4. The topological polar surface area (TPSA) is 138 Å². The van der Waals surface area contributed by atoms with Crippen LogP contribution in [0.15, 0.2) is 72.9 Å². The molecule has 4 N–H and O–H groups in total. The van der Waals surface area contributed by atoms with E-state index in [4.69, 9.17) is 31.2 Å². The summed E-state index contributed by atoms with van der Waals surface area (Å²) < 4.78 is 7.27. The molecule has 0 spiro atoms. The predicted octanol–water partition coefficient (Wildman–Crippen LogP) is 3.83. The first kappa shape index (κ1) is 24.4. The van der Waals surface area contributed by atoms with Crippen molar-refractivity contribution >= 4 is 28.7 Å². The van der Waals surface area contributed by atoms with Crippen molar-refractivity contribution in [2.45, 2.75) is 24.8 Å². The number of nitrogen functional groups attached to an aromatic ring is 1. The van der Waals surface area contributed by atoms with Crippen molar-refractivity contribution < 1.29 is 9.53 Å². The smallest absolute Gasteiger partial charge is 0.254 e. The molecule has 10 heteroatoms. The summed E-state index contributed by atoms with van der Waals surface area (Å²) in [5.74, 6) is 1.49. The van der Waals surface area contributed by atoms with Gasteiger partial charge in [0.05, 0.1) is 30.1 Å². The summed E-state index contributed by atoms with van der Waals surface area (Å²) in [6.45, 7) is 0.996. The molecule has 1 saturated heterocycles. The molecular weight excluding hydrogens is 504 g/mol. The van der Waals surface area contributed by atoms with E-state index in [9.17, 15) is 4.79 Å². The number of hydrogen-bond donors (Lipinski definition) is 2. The summed E-state index contributed by atoms with van der Waals surface area (Å²) in [5, 5.41) is 0. The van der Waals surface area contributed by atoms with Gasteiger partial charge in [0.1, 0.15) is 23.8 Å². The Morgan fingerprint density at radius 3 is 2.48 bits per heavy atom. The van der Waals surface area contributed by atoms with E-state index >= 15 is 0 Å². The molecule has 0 radical (unpaired) electrons. The van der Waals surface area contributed by atoms with Crippen LogP contribution in [0.1, 0.15) is 24.8 Å². The molecule has 1 aliphatic heterocycles. The average molecular weight is 533 g/mol. The van der Waals surface area contributed by atoms with Crippen LogP contribution in [0.5, 0.6) is 0 Å². The third-order valence-corrected chi connectivity index (χ3v) is 7.79. The largest absolute Gasteiger partial charge is 0.383 e. The van der Waals surface area contributed by atoms with Gasteiger partial charge >= 0.3 is 0 Å². The summed E-state index contributed by atoms with van der Waals surface area (Å²) in [5.41, 5.74) is 18.0. The molecule has 10 nitrogen and oxygen atoms in total. The van der Waals surface area contributed by atoms with Crippen LogP contribution >= 0.6 is 0 Å². The van der Waals surface area contributed by atoms with E-state index < -0.39 is 0 Å². The van der Waals surface area contributed by atoms with Crippen LogP contribution in [-0.2, 0) is 15.1 Å². The van der Waals surface area contributed by atoms with E-state index in [1.165, 1.54) is 0 Å². The molecule has 0 unspecified atom stereocenters. The maximum Gasteiger partial charge on any atom is 0.254 e. The summed E-state index contributed by atoms with van der Waals surface area (Å²) in [6, 6.07) is 21.4. The minimum Gasteiger partial charge on any atom is -0.383 e. The van der Waals surface area contributed by atoms with Gasteiger partial charge in [0.15, 0.2) is 11.5 Å². The lowest BCUT2D eigenvalue weighted by atomic mass is 9.73. The minimum absolute atomic E-state index is 0.0552. The number of ether oxygens (including phenoxy) is 1. The fourth-order valence-corrected chi connectivity index (χ4v) is 5.40. The van der Waals surface area contributed by atoms with Crippen LogP contribution in [0.4, 0.5) is 11.6 Å². The zero-order valence-electron chi connectivity index (χ0n) is 21.8. The molecule has 0 bridgehead atoms. The van der Waals surface area contributed by atoms with E-state index in [1.807, 2.05) is 47.0 Å². The van der Waals surface area contributed by atoms with Crippen molar-refractivity contribution in [1.82, 2.24) is 24.5 Å². The second-order valence-corrected chi connectivity index (χ2v) is 10.3. The lowest BCUT2D eigenvalue weighted by molar-refractivity contribution is -0.125. The Morgan fingerprint density at radius 2 is 1.73 bits per heavy atom. The van der Waals surface area contributed by atoms with Crippen LogP contribution < -0.4 is 16.4 Å². The van der Waals surface area contributed by atoms with Crippen LogP contribution in [0.3, 0.4) is 0 Å². The molecule has 5 aromatic rings. The van der Waals surface area contributed by atoms with E-state index in [0.29, 0.717) is 58.7 Å². The van der Waals surface area contributed by atoms with Gasteiger partial charge in [0, 0.05) is 17.4 Å².